The molecular weight excluding hydrogens is 276 g/mol. The predicted octanol–water partition coefficient (Wildman–Crippen LogP) is 1.43. The molecule has 0 aliphatic heterocycles. The summed E-state index contributed by atoms with van der Waals surface area (Å²) in [7, 11) is 0. The third-order valence-electron chi connectivity index (χ3n) is 2.71. The summed E-state index contributed by atoms with van der Waals surface area (Å²) < 4.78 is 5.29. The Morgan fingerprint density at radius 1 is 1.43 bits per heavy atom. The molecule has 0 spiro atoms. The zero-order valence-corrected chi connectivity index (χ0v) is 11.9. The summed E-state index contributed by atoms with van der Waals surface area (Å²) in [5.74, 6) is 4.89. The number of hydrazine groups is 1. The lowest BCUT2D eigenvalue weighted by Crippen LogP contribution is -2.27. The smallest absolute Gasteiger partial charge is 0.270 e. The summed E-state index contributed by atoms with van der Waals surface area (Å²) in [6.07, 6.45) is 1.62. The minimum Gasteiger partial charge on any atom is -0.381 e. The Labute approximate surface area is 122 Å². The monoisotopic (exact) mass is 296 g/mol. The molecule has 0 aromatic heterocycles. The van der Waals surface area contributed by atoms with Crippen LogP contribution in [-0.4, -0.2) is 30.6 Å². The molecule has 0 saturated heterocycles. The molecule has 1 amide bonds. The van der Waals surface area contributed by atoms with Gasteiger partial charge in [0.1, 0.15) is 0 Å². The second-order valence-electron chi connectivity index (χ2n) is 4.35. The summed E-state index contributed by atoms with van der Waals surface area (Å²) in [4.78, 5) is 22.2. The van der Waals surface area contributed by atoms with Gasteiger partial charge in [-0.25, -0.2) is 0 Å². The van der Waals surface area contributed by atoms with Gasteiger partial charge in [0.05, 0.1) is 16.2 Å². The molecule has 8 heteroatoms. The van der Waals surface area contributed by atoms with Crippen LogP contribution >= 0.6 is 0 Å². The van der Waals surface area contributed by atoms with E-state index in [9.17, 15) is 14.9 Å². The summed E-state index contributed by atoms with van der Waals surface area (Å²) in [6.45, 7) is 3.70. The standard InChI is InChI=1S/C13H20N4O4/c1-2-7-21-8-3-6-15-13(18)11-9-10(17(19)20)4-5-12(11)16-14/h4-5,9,16H,2-3,6-8,14H2,1H3,(H,15,18). The molecule has 0 unspecified atom stereocenters. The van der Waals surface area contributed by atoms with Gasteiger partial charge in [-0.1, -0.05) is 6.92 Å². The number of amides is 1. The van der Waals surface area contributed by atoms with Gasteiger partial charge in [-0.3, -0.25) is 20.8 Å². The van der Waals surface area contributed by atoms with Crippen molar-refractivity contribution in [1.82, 2.24) is 5.32 Å². The van der Waals surface area contributed by atoms with Gasteiger partial charge in [-0.15, -0.1) is 0 Å². The van der Waals surface area contributed by atoms with Gasteiger partial charge < -0.3 is 15.5 Å². The molecule has 0 atom stereocenters. The number of ether oxygens (including phenoxy) is 1. The summed E-state index contributed by atoms with van der Waals surface area (Å²) in [6, 6.07) is 3.88. The van der Waals surface area contributed by atoms with Crippen LogP contribution in [0.2, 0.25) is 0 Å². The van der Waals surface area contributed by atoms with E-state index in [1.54, 1.807) is 0 Å². The van der Waals surface area contributed by atoms with E-state index >= 15 is 0 Å². The highest BCUT2D eigenvalue weighted by Crippen LogP contribution is 2.21. The Hall–Kier alpha value is -2.19. The molecule has 0 aliphatic rings. The van der Waals surface area contributed by atoms with Gasteiger partial charge in [-0.05, 0) is 18.9 Å². The van der Waals surface area contributed by atoms with Crippen LogP contribution in [0.3, 0.4) is 0 Å². The Kier molecular flexibility index (Phi) is 7.13. The number of nitrogens with two attached hydrogens (primary N) is 1. The van der Waals surface area contributed by atoms with Crippen LogP contribution in [0.4, 0.5) is 11.4 Å². The van der Waals surface area contributed by atoms with Crippen molar-refractivity contribution in [2.24, 2.45) is 5.84 Å². The first-order valence-corrected chi connectivity index (χ1v) is 6.71. The first kappa shape index (κ1) is 16.9. The lowest BCUT2D eigenvalue weighted by atomic mass is 10.1. The van der Waals surface area contributed by atoms with Crippen molar-refractivity contribution in [3.63, 3.8) is 0 Å². The predicted molar refractivity (Wildman–Crippen MR) is 79.0 cm³/mol. The van der Waals surface area contributed by atoms with Gasteiger partial charge in [-0.2, -0.15) is 0 Å². The molecule has 0 saturated carbocycles. The number of nitrogens with zero attached hydrogens (tertiary/aromatic N) is 1. The van der Waals surface area contributed by atoms with E-state index in [1.165, 1.54) is 18.2 Å². The van der Waals surface area contributed by atoms with E-state index in [1.807, 2.05) is 6.92 Å². The fourth-order valence-electron chi connectivity index (χ4n) is 1.68. The van der Waals surface area contributed by atoms with Crippen molar-refractivity contribution in [2.75, 3.05) is 25.2 Å². The maximum Gasteiger partial charge on any atom is 0.270 e. The van der Waals surface area contributed by atoms with E-state index in [0.29, 0.717) is 31.9 Å². The molecule has 21 heavy (non-hydrogen) atoms. The molecule has 0 aliphatic carbocycles. The summed E-state index contributed by atoms with van der Waals surface area (Å²) in [5.41, 5.74) is 2.66. The number of nitro groups is 1. The van der Waals surface area contributed by atoms with E-state index < -0.39 is 10.8 Å². The van der Waals surface area contributed by atoms with Crippen LogP contribution in [0.25, 0.3) is 0 Å². The van der Waals surface area contributed by atoms with Crippen LogP contribution < -0.4 is 16.6 Å². The fourth-order valence-corrected chi connectivity index (χ4v) is 1.68. The molecule has 4 N–H and O–H groups in total. The van der Waals surface area contributed by atoms with Gasteiger partial charge >= 0.3 is 0 Å². The molecule has 0 fully saturated rings. The highest BCUT2D eigenvalue weighted by molar-refractivity contribution is 6.00. The number of non-ortho nitro benzene ring substituents is 1. The van der Waals surface area contributed by atoms with Crippen LogP contribution in [0.5, 0.6) is 0 Å². The number of hydrogen-bond acceptors (Lipinski definition) is 6. The zero-order chi connectivity index (χ0) is 15.7. The lowest BCUT2D eigenvalue weighted by Gasteiger charge is -2.09. The molecule has 1 aromatic rings. The van der Waals surface area contributed by atoms with Crippen LogP contribution in [0.15, 0.2) is 18.2 Å². The van der Waals surface area contributed by atoms with Crippen molar-refractivity contribution >= 4 is 17.3 Å². The zero-order valence-electron chi connectivity index (χ0n) is 11.9. The molecule has 1 rings (SSSR count). The Bertz CT molecular complexity index is 493. The third kappa shape index (κ3) is 5.36. The number of nitro benzene ring substituents is 1. The maximum absolute atomic E-state index is 12.0. The number of nitrogens with one attached hydrogen (secondary N) is 2. The van der Waals surface area contributed by atoms with Crippen molar-refractivity contribution < 1.29 is 14.5 Å². The van der Waals surface area contributed by atoms with E-state index in [2.05, 4.69) is 10.7 Å². The van der Waals surface area contributed by atoms with Crippen molar-refractivity contribution in [2.45, 2.75) is 19.8 Å². The molecular formula is C13H20N4O4. The number of benzene rings is 1. The first-order valence-electron chi connectivity index (χ1n) is 6.71. The van der Waals surface area contributed by atoms with Gasteiger partial charge in [0.15, 0.2) is 0 Å². The Morgan fingerprint density at radius 2 is 2.19 bits per heavy atom. The quantitative estimate of drug-likeness (QED) is 0.274. The number of carbonyl (C=O) groups is 1. The number of anilines is 1. The molecule has 116 valence electrons. The second kappa shape index (κ2) is 8.88. The number of hydrogen-bond donors (Lipinski definition) is 3. The van der Waals surface area contributed by atoms with Crippen LogP contribution in [0, 0.1) is 10.1 Å². The topological polar surface area (TPSA) is 120 Å². The van der Waals surface area contributed by atoms with E-state index in [0.717, 1.165) is 6.42 Å². The van der Waals surface area contributed by atoms with Gasteiger partial charge in [0.25, 0.3) is 11.6 Å². The lowest BCUT2D eigenvalue weighted by molar-refractivity contribution is -0.384. The van der Waals surface area contributed by atoms with Crippen molar-refractivity contribution in [3.8, 4) is 0 Å². The van der Waals surface area contributed by atoms with Crippen molar-refractivity contribution in [1.29, 1.82) is 0 Å². The number of carbonyl (C=O) groups excluding carboxylic acids is 1. The van der Waals surface area contributed by atoms with E-state index in [-0.39, 0.29) is 11.3 Å². The average Bonchev–Trinajstić information content (AvgIpc) is 2.49. The normalized spacial score (nSPS) is 10.2. The van der Waals surface area contributed by atoms with Crippen molar-refractivity contribution in [3.05, 3.63) is 33.9 Å². The molecule has 0 heterocycles. The minimum absolute atomic E-state index is 0.140. The maximum atomic E-state index is 12.0. The molecule has 0 radical (unpaired) electrons. The fraction of sp³-hybridized carbons (Fsp3) is 0.462. The molecule has 1 aromatic carbocycles. The van der Waals surface area contributed by atoms with Gasteiger partial charge in [0.2, 0.25) is 0 Å². The third-order valence-corrected chi connectivity index (χ3v) is 2.71. The van der Waals surface area contributed by atoms with Crippen LogP contribution in [0.1, 0.15) is 30.1 Å². The molecule has 8 nitrogen and oxygen atoms in total. The van der Waals surface area contributed by atoms with E-state index in [4.69, 9.17) is 10.6 Å². The highest BCUT2D eigenvalue weighted by atomic mass is 16.6. The Morgan fingerprint density at radius 3 is 2.81 bits per heavy atom. The largest absolute Gasteiger partial charge is 0.381 e. The average molecular weight is 296 g/mol. The highest BCUT2D eigenvalue weighted by Gasteiger charge is 2.15. The Balaban J connectivity index is 2.59. The summed E-state index contributed by atoms with van der Waals surface area (Å²) in [5, 5.41) is 13.4. The molecule has 0 bridgehead atoms. The SMILES string of the molecule is CCCOCCCNC(=O)c1cc([N+](=O)[O-])ccc1NN. The first-order chi connectivity index (χ1) is 10.1. The van der Waals surface area contributed by atoms with Crippen LogP contribution in [-0.2, 0) is 4.74 Å². The minimum atomic E-state index is -0.560. The van der Waals surface area contributed by atoms with Gasteiger partial charge in [0, 0.05) is 31.9 Å². The number of nitrogen functional groups attached to an aromatic ring is 1. The number of rotatable bonds is 9. The summed E-state index contributed by atoms with van der Waals surface area (Å²) >= 11 is 0. The second-order valence-corrected chi connectivity index (χ2v) is 4.35.